The first-order valence-electron chi connectivity index (χ1n) is 9.75. The van der Waals surface area contributed by atoms with Crippen molar-refractivity contribution in [3.63, 3.8) is 0 Å². The standard InChI is InChI=1S/C23H26N4O/c1-18(19-7-4-3-5-8-19)27-17-22(24-25-27)16-26-13-11-20(12-14-26)21-9-6-10-23(15-21)28-2/h3-10,15,17,20H,1,11-14,16H2,2H3. The van der Waals surface area contributed by atoms with E-state index in [0.29, 0.717) is 5.92 Å². The Morgan fingerprint density at radius 3 is 2.64 bits per heavy atom. The van der Waals surface area contributed by atoms with Crippen molar-refractivity contribution in [3.8, 4) is 5.75 Å². The molecule has 1 aliphatic rings. The van der Waals surface area contributed by atoms with Crippen LogP contribution in [0, 0.1) is 13.0 Å². The third-order valence-electron chi connectivity index (χ3n) is 5.46. The Morgan fingerprint density at radius 1 is 1.11 bits per heavy atom. The number of hydrogen-bond acceptors (Lipinski definition) is 4. The van der Waals surface area contributed by atoms with Crippen LogP contribution in [0.2, 0.25) is 0 Å². The van der Waals surface area contributed by atoms with Crippen molar-refractivity contribution in [1.82, 2.24) is 19.9 Å². The van der Waals surface area contributed by atoms with Crippen molar-refractivity contribution >= 4 is 0 Å². The first-order valence-corrected chi connectivity index (χ1v) is 9.75. The van der Waals surface area contributed by atoms with Crippen molar-refractivity contribution in [1.29, 1.82) is 0 Å². The maximum Gasteiger partial charge on any atom is 0.119 e. The molecule has 0 saturated carbocycles. The summed E-state index contributed by atoms with van der Waals surface area (Å²) in [5.74, 6) is 1.54. The third-order valence-corrected chi connectivity index (χ3v) is 5.46. The van der Waals surface area contributed by atoms with Crippen LogP contribution in [0.3, 0.4) is 0 Å². The maximum absolute atomic E-state index is 5.36. The first-order chi connectivity index (χ1) is 13.7. The molecule has 0 amide bonds. The van der Waals surface area contributed by atoms with Crippen molar-refractivity contribution in [2.24, 2.45) is 0 Å². The summed E-state index contributed by atoms with van der Waals surface area (Å²) in [5, 5.41) is 8.62. The van der Waals surface area contributed by atoms with Gasteiger partial charge in [-0.15, -0.1) is 5.10 Å². The largest absolute Gasteiger partial charge is 0.497 e. The molecule has 2 heterocycles. The van der Waals surface area contributed by atoms with Gasteiger partial charge in [0.05, 0.1) is 19.0 Å². The summed E-state index contributed by atoms with van der Waals surface area (Å²) in [6, 6.07) is 19.4. The van der Waals surface area contributed by atoms with Crippen molar-refractivity contribution in [3.05, 3.63) is 90.6 Å². The molecule has 1 aromatic heterocycles. The fourth-order valence-electron chi connectivity index (χ4n) is 3.81. The Hall–Kier alpha value is -2.66. The smallest absolute Gasteiger partial charge is 0.119 e. The van der Waals surface area contributed by atoms with Crippen LogP contribution in [0.4, 0.5) is 0 Å². The number of aromatic nitrogens is 3. The number of nitrogens with zero attached hydrogens (tertiary/aromatic N) is 4. The highest BCUT2D eigenvalue weighted by Gasteiger charge is 2.22. The van der Waals surface area contributed by atoms with Crippen LogP contribution in [0.1, 0.15) is 35.6 Å². The van der Waals surface area contributed by atoms with E-state index >= 15 is 0 Å². The topological polar surface area (TPSA) is 43.2 Å². The SMILES string of the molecule is [CH2][C](c1ccccc1)n1cc(CN2CCC(c3cccc(OC)c3)CC2)nn1. The molecule has 5 nitrogen and oxygen atoms in total. The van der Waals surface area contributed by atoms with Gasteiger partial charge in [-0.2, -0.15) is 0 Å². The second kappa shape index (κ2) is 8.57. The number of methoxy groups -OCH3 is 1. The zero-order valence-corrected chi connectivity index (χ0v) is 16.3. The van der Waals surface area contributed by atoms with Gasteiger partial charge in [0, 0.05) is 6.54 Å². The van der Waals surface area contributed by atoms with Crippen molar-refractivity contribution < 1.29 is 4.74 Å². The molecule has 144 valence electrons. The lowest BCUT2D eigenvalue weighted by molar-refractivity contribution is 0.202. The van der Waals surface area contributed by atoms with E-state index in [1.54, 1.807) is 11.8 Å². The van der Waals surface area contributed by atoms with Crippen LogP contribution < -0.4 is 4.74 Å². The summed E-state index contributed by atoms with van der Waals surface area (Å²) in [4.78, 5) is 2.45. The van der Waals surface area contributed by atoms with Crippen LogP contribution in [-0.4, -0.2) is 40.1 Å². The summed E-state index contributed by atoms with van der Waals surface area (Å²) >= 11 is 0. The monoisotopic (exact) mass is 374 g/mol. The van der Waals surface area contributed by atoms with E-state index in [-0.39, 0.29) is 0 Å². The molecule has 5 heteroatoms. The minimum absolute atomic E-state index is 0.597. The highest BCUT2D eigenvalue weighted by molar-refractivity contribution is 5.32. The average Bonchev–Trinajstić information content (AvgIpc) is 3.23. The van der Waals surface area contributed by atoms with E-state index in [0.717, 1.165) is 55.5 Å². The van der Waals surface area contributed by atoms with Gasteiger partial charge in [-0.05, 0) is 62.0 Å². The van der Waals surface area contributed by atoms with Gasteiger partial charge in [-0.3, -0.25) is 4.90 Å². The number of piperidine rings is 1. The number of benzene rings is 2. The van der Waals surface area contributed by atoms with Gasteiger partial charge >= 0.3 is 0 Å². The zero-order valence-electron chi connectivity index (χ0n) is 16.3. The lowest BCUT2D eigenvalue weighted by Crippen LogP contribution is -2.32. The molecule has 3 aromatic rings. The summed E-state index contributed by atoms with van der Waals surface area (Å²) in [7, 11) is 1.72. The number of hydrogen-bond donors (Lipinski definition) is 0. The quantitative estimate of drug-likeness (QED) is 0.656. The summed E-state index contributed by atoms with van der Waals surface area (Å²) in [5.41, 5.74) is 3.42. The van der Waals surface area contributed by atoms with Gasteiger partial charge in [0.1, 0.15) is 11.8 Å². The van der Waals surface area contributed by atoms with Gasteiger partial charge in [-0.1, -0.05) is 47.7 Å². The molecule has 2 aromatic carbocycles. The fourth-order valence-corrected chi connectivity index (χ4v) is 3.81. The molecule has 2 radical (unpaired) electrons. The highest BCUT2D eigenvalue weighted by Crippen LogP contribution is 2.30. The summed E-state index contributed by atoms with van der Waals surface area (Å²) < 4.78 is 7.14. The lowest BCUT2D eigenvalue weighted by Gasteiger charge is -2.31. The molecule has 0 aliphatic carbocycles. The molecule has 1 fully saturated rings. The van der Waals surface area contributed by atoms with Crippen molar-refractivity contribution in [2.75, 3.05) is 20.2 Å². The van der Waals surface area contributed by atoms with Gasteiger partial charge in [0.25, 0.3) is 0 Å². The average molecular weight is 374 g/mol. The normalized spacial score (nSPS) is 15.8. The van der Waals surface area contributed by atoms with E-state index in [4.69, 9.17) is 4.74 Å². The Bertz CT molecular complexity index is 884. The molecule has 0 N–H and O–H groups in total. The molecule has 0 spiro atoms. The Balaban J connectivity index is 1.33. The van der Waals surface area contributed by atoms with Gasteiger partial charge in [-0.25, -0.2) is 4.68 Å². The van der Waals surface area contributed by atoms with Crippen LogP contribution >= 0.6 is 0 Å². The van der Waals surface area contributed by atoms with Crippen molar-refractivity contribution in [2.45, 2.75) is 25.3 Å². The Morgan fingerprint density at radius 2 is 1.89 bits per heavy atom. The van der Waals surface area contributed by atoms with E-state index in [9.17, 15) is 0 Å². The van der Waals surface area contributed by atoms with Crippen LogP contribution in [0.25, 0.3) is 0 Å². The molecule has 1 aliphatic heterocycles. The molecular weight excluding hydrogens is 348 g/mol. The molecule has 4 rings (SSSR count). The Labute approximate surface area is 166 Å². The minimum Gasteiger partial charge on any atom is -0.497 e. The van der Waals surface area contributed by atoms with Crippen LogP contribution in [0.5, 0.6) is 5.75 Å². The zero-order chi connectivity index (χ0) is 19.3. The Kier molecular flexibility index (Phi) is 5.72. The molecule has 1 saturated heterocycles. The second-order valence-corrected chi connectivity index (χ2v) is 7.29. The predicted octanol–water partition coefficient (Wildman–Crippen LogP) is 3.93. The van der Waals surface area contributed by atoms with Gasteiger partial charge in [0.2, 0.25) is 0 Å². The first kappa shape index (κ1) is 18.7. The van der Waals surface area contributed by atoms with Crippen LogP contribution in [-0.2, 0) is 6.54 Å². The second-order valence-electron chi connectivity index (χ2n) is 7.29. The molecule has 0 bridgehead atoms. The van der Waals surface area contributed by atoms with Gasteiger partial charge < -0.3 is 4.74 Å². The van der Waals surface area contributed by atoms with E-state index < -0.39 is 0 Å². The maximum atomic E-state index is 5.36. The summed E-state index contributed by atoms with van der Waals surface area (Å²) in [6.45, 7) is 7.10. The minimum atomic E-state index is 0.597. The highest BCUT2D eigenvalue weighted by atomic mass is 16.5. The fraction of sp³-hybridized carbons (Fsp3) is 0.304. The molecular formula is C23H26N4O. The van der Waals surface area contributed by atoms with E-state index in [2.05, 4.69) is 40.3 Å². The van der Waals surface area contributed by atoms with Gasteiger partial charge in [0.15, 0.2) is 0 Å². The number of rotatable bonds is 6. The molecule has 0 unspecified atom stereocenters. The third kappa shape index (κ3) is 4.25. The van der Waals surface area contributed by atoms with E-state index in [1.165, 1.54) is 5.56 Å². The lowest BCUT2D eigenvalue weighted by atomic mass is 9.89. The molecule has 0 atom stereocenters. The van der Waals surface area contributed by atoms with E-state index in [1.807, 2.05) is 42.6 Å². The number of ether oxygens (including phenoxy) is 1. The summed E-state index contributed by atoms with van der Waals surface area (Å²) in [6.07, 6.45) is 4.29. The van der Waals surface area contributed by atoms with Crippen LogP contribution in [0.15, 0.2) is 60.8 Å². The molecule has 28 heavy (non-hydrogen) atoms. The predicted molar refractivity (Wildman–Crippen MR) is 110 cm³/mol. The number of likely N-dealkylation sites (tertiary alicyclic amines) is 1.